The summed E-state index contributed by atoms with van der Waals surface area (Å²) in [4.78, 5) is 38.8. The monoisotopic (exact) mass is 928 g/mol. The molecule has 5 heterocycles. The highest BCUT2D eigenvalue weighted by molar-refractivity contribution is 6.31. The van der Waals surface area contributed by atoms with Crippen LogP contribution in [-0.4, -0.2) is 44.6 Å². The first-order chi connectivity index (χ1) is 34.1. The van der Waals surface area contributed by atoms with E-state index in [0.717, 1.165) is 109 Å². The van der Waals surface area contributed by atoms with Crippen molar-refractivity contribution >= 4 is 45.7 Å². The van der Waals surface area contributed by atoms with Gasteiger partial charge in [-0.05, 0) is 125 Å². The number of carbonyl (C=O) groups is 2. The molecule has 1 aromatic heterocycles. The van der Waals surface area contributed by atoms with Crippen molar-refractivity contribution in [2.75, 3.05) is 0 Å². The molecule has 4 aromatic carbocycles. The minimum atomic E-state index is -0.977. The average molecular weight is 929 g/mol. The molecule has 5 aromatic rings. The van der Waals surface area contributed by atoms with E-state index in [1.807, 2.05) is 24.3 Å². The number of H-pyrrole nitrogens is 1. The largest absolute Gasteiger partial charge is 0.478 e. The Kier molecular flexibility index (Phi) is 14.7. The summed E-state index contributed by atoms with van der Waals surface area (Å²) in [5.41, 5.74) is 14.7. The molecule has 3 unspecified atom stereocenters. The Morgan fingerprint density at radius 2 is 1.00 bits per heavy atom. The number of aromatic amines is 1. The van der Waals surface area contributed by atoms with Gasteiger partial charge in [0.1, 0.15) is 0 Å². The van der Waals surface area contributed by atoms with Crippen molar-refractivity contribution in [2.24, 2.45) is 21.8 Å². The Morgan fingerprint density at radius 3 is 1.47 bits per heavy atom. The maximum atomic E-state index is 12.0. The number of nitrogens with one attached hydrogen (secondary N) is 2. The number of carboxylic acid groups (broad SMARTS) is 2. The molecular formula is C62H64N4O4. The molecular weight excluding hydrogens is 865 g/mol. The fourth-order valence-corrected chi connectivity index (χ4v) is 10.5. The summed E-state index contributed by atoms with van der Waals surface area (Å²) in [6.45, 7) is 9.10. The first-order valence-electron chi connectivity index (χ1n) is 25.4. The van der Waals surface area contributed by atoms with Crippen LogP contribution in [-0.2, 0) is 12.8 Å². The molecule has 0 saturated carbocycles. The molecule has 0 aliphatic carbocycles. The van der Waals surface area contributed by atoms with Gasteiger partial charge in [0.05, 0.1) is 40.0 Å². The summed E-state index contributed by atoms with van der Waals surface area (Å²) in [5.74, 6) is -0.666. The fraction of sp³-hybridized carbons (Fsp3) is 0.290. The summed E-state index contributed by atoms with van der Waals surface area (Å²) in [5, 5.41) is 25.4. The average Bonchev–Trinajstić information content (AvgIpc) is 4.24. The van der Waals surface area contributed by atoms with Crippen LogP contribution >= 0.6 is 0 Å². The van der Waals surface area contributed by atoms with Gasteiger partial charge in [0.15, 0.2) is 0 Å². The third-order valence-electron chi connectivity index (χ3n) is 14.5. The zero-order valence-corrected chi connectivity index (χ0v) is 40.9. The van der Waals surface area contributed by atoms with Gasteiger partial charge in [-0.2, -0.15) is 0 Å². The predicted molar refractivity (Wildman–Crippen MR) is 285 cm³/mol. The zero-order valence-electron chi connectivity index (χ0n) is 40.9. The molecule has 0 fully saturated rings. The van der Waals surface area contributed by atoms with Crippen LogP contribution in [0, 0.1) is 11.8 Å². The third-order valence-corrected chi connectivity index (χ3v) is 14.5. The number of allylic oxidation sites excluding steroid dienone is 5. The van der Waals surface area contributed by atoms with Crippen LogP contribution in [0.4, 0.5) is 0 Å². The van der Waals surface area contributed by atoms with Gasteiger partial charge in [-0.3, -0.25) is 0 Å². The number of unbranched alkanes of at least 4 members (excludes halogenated alkanes) is 2. The highest BCUT2D eigenvalue weighted by Crippen LogP contribution is 2.39. The van der Waals surface area contributed by atoms with Crippen molar-refractivity contribution in [2.45, 2.75) is 104 Å². The molecule has 0 radical (unpaired) electrons. The van der Waals surface area contributed by atoms with E-state index in [4.69, 9.17) is 9.98 Å². The molecule has 9 rings (SSSR count). The summed E-state index contributed by atoms with van der Waals surface area (Å²) in [6, 6.07) is 36.1. The van der Waals surface area contributed by atoms with E-state index in [-0.39, 0.29) is 17.2 Å². The molecule has 3 atom stereocenters. The van der Waals surface area contributed by atoms with Crippen molar-refractivity contribution in [3.8, 4) is 0 Å². The van der Waals surface area contributed by atoms with E-state index in [9.17, 15) is 19.8 Å². The quantitative estimate of drug-likeness (QED) is 0.0696. The summed E-state index contributed by atoms with van der Waals surface area (Å²) in [6.07, 6.45) is 23.0. The van der Waals surface area contributed by atoms with Crippen LogP contribution in [0.25, 0.3) is 22.3 Å². The summed E-state index contributed by atoms with van der Waals surface area (Å²) < 4.78 is 0. The summed E-state index contributed by atoms with van der Waals surface area (Å²) >= 11 is 0. The van der Waals surface area contributed by atoms with Crippen molar-refractivity contribution < 1.29 is 19.8 Å². The first-order valence-corrected chi connectivity index (χ1v) is 25.4. The summed E-state index contributed by atoms with van der Waals surface area (Å²) in [7, 11) is 0. The van der Waals surface area contributed by atoms with Crippen molar-refractivity contribution in [3.05, 3.63) is 212 Å². The van der Waals surface area contributed by atoms with E-state index in [1.165, 1.54) is 49.7 Å². The third kappa shape index (κ3) is 10.3. The molecule has 8 heteroatoms. The smallest absolute Gasteiger partial charge is 0.335 e. The first kappa shape index (κ1) is 47.7. The number of carboxylic acids is 2. The number of fused-ring (bicyclic) bond motifs is 6. The fourth-order valence-electron chi connectivity index (χ4n) is 10.5. The van der Waals surface area contributed by atoms with Gasteiger partial charge in [0.25, 0.3) is 0 Å². The second kappa shape index (κ2) is 21.5. The van der Waals surface area contributed by atoms with Gasteiger partial charge < -0.3 is 20.5 Å². The second-order valence-electron chi connectivity index (χ2n) is 19.2. The minimum absolute atomic E-state index is 0.155. The van der Waals surface area contributed by atoms with Crippen LogP contribution in [0.5, 0.6) is 0 Å². The lowest BCUT2D eigenvalue weighted by atomic mass is 9.90. The van der Waals surface area contributed by atoms with E-state index in [1.54, 1.807) is 24.3 Å². The lowest BCUT2D eigenvalue weighted by molar-refractivity contribution is 0.0686. The molecule has 4 aliphatic heterocycles. The molecule has 8 nitrogen and oxygen atoms in total. The lowest BCUT2D eigenvalue weighted by Gasteiger charge is -2.22. The predicted octanol–water partition coefficient (Wildman–Crippen LogP) is 12.4. The normalized spacial score (nSPS) is 20.7. The highest BCUT2D eigenvalue weighted by Gasteiger charge is 2.30. The van der Waals surface area contributed by atoms with Crippen molar-refractivity contribution in [1.29, 1.82) is 0 Å². The SMILES string of the molecule is CCCCC(CC)Cc1ccc(/C2=C3\C=CC(=N3)/C(c3ccc(C(=O)O)cc3)=c3/cc/c([nH]3)=C(\c3ccc(CC(CC)CCCC)cc3)C3=N/C(=C(/c4ccc(C(=O)O)cc4)C4=CCC2N4)C=C3)cc1. The molecule has 0 amide bonds. The molecule has 356 valence electrons. The maximum Gasteiger partial charge on any atom is 0.335 e. The van der Waals surface area contributed by atoms with Crippen molar-refractivity contribution in [3.63, 3.8) is 0 Å². The molecule has 8 bridgehead atoms. The van der Waals surface area contributed by atoms with E-state index < -0.39 is 11.9 Å². The van der Waals surface area contributed by atoms with Gasteiger partial charge in [-0.15, -0.1) is 0 Å². The molecule has 0 saturated heterocycles. The Labute approximate surface area is 412 Å². The van der Waals surface area contributed by atoms with Gasteiger partial charge in [0, 0.05) is 38.7 Å². The molecule has 4 N–H and O–H groups in total. The van der Waals surface area contributed by atoms with E-state index in [2.05, 4.69) is 129 Å². The minimum Gasteiger partial charge on any atom is -0.478 e. The zero-order chi connectivity index (χ0) is 48.7. The van der Waals surface area contributed by atoms with Gasteiger partial charge in [-0.1, -0.05) is 158 Å². The van der Waals surface area contributed by atoms with E-state index >= 15 is 0 Å². The Balaban J connectivity index is 1.26. The van der Waals surface area contributed by atoms with E-state index in [0.29, 0.717) is 18.3 Å². The number of aromatic carboxylic acids is 2. The lowest BCUT2D eigenvalue weighted by Crippen LogP contribution is -2.26. The highest BCUT2D eigenvalue weighted by atomic mass is 16.4. The Bertz CT molecular complexity index is 3120. The molecule has 70 heavy (non-hydrogen) atoms. The number of hydrogen-bond acceptors (Lipinski definition) is 5. The Hall–Kier alpha value is -7.32. The number of benzene rings is 4. The van der Waals surface area contributed by atoms with Crippen LogP contribution < -0.4 is 16.0 Å². The van der Waals surface area contributed by atoms with Crippen LogP contribution in [0.15, 0.2) is 167 Å². The molecule has 0 spiro atoms. The van der Waals surface area contributed by atoms with Gasteiger partial charge >= 0.3 is 11.9 Å². The van der Waals surface area contributed by atoms with Crippen molar-refractivity contribution in [1.82, 2.24) is 10.3 Å². The number of rotatable bonds is 18. The number of aromatic nitrogens is 1. The van der Waals surface area contributed by atoms with Gasteiger partial charge in [0.2, 0.25) is 0 Å². The van der Waals surface area contributed by atoms with Crippen LogP contribution in [0.1, 0.15) is 140 Å². The second-order valence-corrected chi connectivity index (χ2v) is 19.2. The van der Waals surface area contributed by atoms with Crippen LogP contribution in [0.3, 0.4) is 0 Å². The topological polar surface area (TPSA) is 127 Å². The Morgan fingerprint density at radius 1 is 0.557 bits per heavy atom. The van der Waals surface area contributed by atoms with Crippen LogP contribution in [0.2, 0.25) is 0 Å². The number of hydrogen-bond donors (Lipinski definition) is 4. The number of nitrogens with zero attached hydrogens (tertiary/aromatic N) is 2. The number of aliphatic imine (C=N–C) groups is 2. The standard InChI is InChI=1S/C62H64N4O4/c1-5-9-11-39(7-3)37-41-13-17-43(18-14-41)57-49-29-33-53(63-49)59(45-21-25-47(26-22-45)61(67)68)55-35-31-51(65-55)58(44-19-15-42(16-20-44)38-40(8-4)12-10-6-2)52-32-36-56(66-52)60(54-34-30-50(57)64-54)46-23-27-48(28-24-46)62(69)70/h13-31,33-36,39-40,52,63,66H,5-12,32,37-38H2,1-4H3,(H,67,68)(H,69,70)/b57-49-,58-51-,59-53-,60-54-. The molecule has 4 aliphatic rings. The van der Waals surface area contributed by atoms with Gasteiger partial charge in [-0.25, -0.2) is 19.6 Å². The maximum absolute atomic E-state index is 12.0.